The van der Waals surface area contributed by atoms with E-state index in [1.807, 2.05) is 0 Å². The molecule has 1 aliphatic carbocycles. The van der Waals surface area contributed by atoms with Crippen LogP contribution in [0.5, 0.6) is 0 Å². The second-order valence-corrected chi connectivity index (χ2v) is 4.04. The lowest BCUT2D eigenvalue weighted by Crippen LogP contribution is -2.31. The third-order valence-electron chi connectivity index (χ3n) is 3.05. The van der Waals surface area contributed by atoms with Crippen LogP contribution in [0, 0.1) is 5.92 Å². The van der Waals surface area contributed by atoms with Crippen molar-refractivity contribution < 1.29 is 14.3 Å². The van der Waals surface area contributed by atoms with Gasteiger partial charge in [0, 0.05) is 12.3 Å². The van der Waals surface area contributed by atoms with Gasteiger partial charge in [0.25, 0.3) is 0 Å². The maximum atomic E-state index is 11.3. The maximum Gasteiger partial charge on any atom is 0.334 e. The SMILES string of the molecule is COC1=CC(=O)O[C@@H]([C@H]2CC=CCC2)C1. The summed E-state index contributed by atoms with van der Waals surface area (Å²) < 4.78 is 10.5. The smallest absolute Gasteiger partial charge is 0.334 e. The highest BCUT2D eigenvalue weighted by Gasteiger charge is 2.29. The van der Waals surface area contributed by atoms with Crippen LogP contribution in [0.1, 0.15) is 25.7 Å². The van der Waals surface area contributed by atoms with Crippen LogP contribution < -0.4 is 0 Å². The Bertz CT molecular complexity index is 304. The molecule has 82 valence electrons. The highest BCUT2D eigenvalue weighted by molar-refractivity contribution is 5.83. The van der Waals surface area contributed by atoms with Crippen molar-refractivity contribution in [2.75, 3.05) is 7.11 Å². The number of ether oxygens (including phenoxy) is 2. The van der Waals surface area contributed by atoms with Crippen molar-refractivity contribution in [3.63, 3.8) is 0 Å². The first-order valence-corrected chi connectivity index (χ1v) is 5.40. The summed E-state index contributed by atoms with van der Waals surface area (Å²) in [5, 5.41) is 0. The van der Waals surface area contributed by atoms with Gasteiger partial charge < -0.3 is 9.47 Å². The molecule has 0 fully saturated rings. The Morgan fingerprint density at radius 1 is 1.47 bits per heavy atom. The van der Waals surface area contributed by atoms with Crippen molar-refractivity contribution in [2.24, 2.45) is 5.92 Å². The van der Waals surface area contributed by atoms with Crippen LogP contribution in [0.2, 0.25) is 0 Å². The van der Waals surface area contributed by atoms with Gasteiger partial charge >= 0.3 is 5.97 Å². The van der Waals surface area contributed by atoms with Crippen molar-refractivity contribution in [3.8, 4) is 0 Å². The minimum absolute atomic E-state index is 0.00222. The molecule has 0 radical (unpaired) electrons. The molecule has 3 nitrogen and oxygen atoms in total. The summed E-state index contributed by atoms with van der Waals surface area (Å²) in [6.07, 6.45) is 9.73. The molecule has 0 N–H and O–H groups in total. The minimum Gasteiger partial charge on any atom is -0.501 e. The van der Waals surface area contributed by atoms with Gasteiger partial charge in [-0.3, -0.25) is 0 Å². The molecule has 1 heterocycles. The molecule has 0 aromatic rings. The molecule has 3 heteroatoms. The Morgan fingerprint density at radius 3 is 3.00 bits per heavy atom. The molecular weight excluding hydrogens is 192 g/mol. The number of methoxy groups -OCH3 is 1. The molecule has 0 unspecified atom stereocenters. The van der Waals surface area contributed by atoms with Gasteiger partial charge in [-0.05, 0) is 19.3 Å². The van der Waals surface area contributed by atoms with Crippen LogP contribution in [0.15, 0.2) is 24.0 Å². The lowest BCUT2D eigenvalue weighted by atomic mass is 9.87. The van der Waals surface area contributed by atoms with Crippen LogP contribution in [-0.2, 0) is 14.3 Å². The van der Waals surface area contributed by atoms with E-state index in [9.17, 15) is 4.79 Å². The average molecular weight is 208 g/mol. The molecule has 2 rings (SSSR count). The Morgan fingerprint density at radius 2 is 2.33 bits per heavy atom. The predicted molar refractivity (Wildman–Crippen MR) is 56.1 cm³/mol. The molecular formula is C12H16O3. The lowest BCUT2D eigenvalue weighted by molar-refractivity contribution is -0.148. The summed E-state index contributed by atoms with van der Waals surface area (Å²) in [5.74, 6) is 0.932. The molecule has 1 aliphatic heterocycles. The quantitative estimate of drug-likeness (QED) is 0.515. The van der Waals surface area contributed by atoms with Crippen LogP contribution in [0.4, 0.5) is 0 Å². The molecule has 0 amide bonds. The number of hydrogen-bond acceptors (Lipinski definition) is 3. The molecule has 2 atom stereocenters. The molecule has 2 aliphatic rings. The van der Waals surface area contributed by atoms with E-state index in [1.165, 1.54) is 6.08 Å². The molecule has 0 aromatic carbocycles. The van der Waals surface area contributed by atoms with E-state index in [0.717, 1.165) is 31.4 Å². The van der Waals surface area contributed by atoms with Crippen molar-refractivity contribution in [3.05, 3.63) is 24.0 Å². The lowest BCUT2D eigenvalue weighted by Gasteiger charge is -2.30. The van der Waals surface area contributed by atoms with E-state index in [4.69, 9.17) is 9.47 Å². The second-order valence-electron chi connectivity index (χ2n) is 4.04. The maximum absolute atomic E-state index is 11.3. The zero-order chi connectivity index (χ0) is 10.7. The monoisotopic (exact) mass is 208 g/mol. The van der Waals surface area contributed by atoms with Crippen LogP contribution in [-0.4, -0.2) is 19.2 Å². The molecule has 15 heavy (non-hydrogen) atoms. The number of hydrogen-bond donors (Lipinski definition) is 0. The van der Waals surface area contributed by atoms with E-state index < -0.39 is 0 Å². The number of esters is 1. The highest BCUT2D eigenvalue weighted by atomic mass is 16.6. The van der Waals surface area contributed by atoms with Crippen molar-refractivity contribution in [1.82, 2.24) is 0 Å². The van der Waals surface area contributed by atoms with E-state index in [-0.39, 0.29) is 12.1 Å². The fourth-order valence-corrected chi connectivity index (χ4v) is 2.17. The highest BCUT2D eigenvalue weighted by Crippen LogP contribution is 2.30. The Labute approximate surface area is 89.8 Å². The average Bonchev–Trinajstić information content (AvgIpc) is 2.29. The summed E-state index contributed by atoms with van der Waals surface area (Å²) >= 11 is 0. The van der Waals surface area contributed by atoms with Gasteiger partial charge in [-0.2, -0.15) is 0 Å². The summed E-state index contributed by atoms with van der Waals surface area (Å²) in [6.45, 7) is 0. The number of allylic oxidation sites excluding steroid dienone is 2. The minimum atomic E-state index is -0.266. The number of cyclic esters (lactones) is 1. The van der Waals surface area contributed by atoms with Crippen LogP contribution in [0.3, 0.4) is 0 Å². The Hall–Kier alpha value is -1.25. The van der Waals surface area contributed by atoms with Gasteiger partial charge in [0.1, 0.15) is 11.9 Å². The fraction of sp³-hybridized carbons (Fsp3) is 0.583. The first kappa shape index (κ1) is 10.3. The number of carbonyl (C=O) groups is 1. The summed E-state index contributed by atoms with van der Waals surface area (Å²) in [7, 11) is 1.60. The van der Waals surface area contributed by atoms with E-state index in [0.29, 0.717) is 5.92 Å². The van der Waals surface area contributed by atoms with E-state index in [2.05, 4.69) is 12.2 Å². The van der Waals surface area contributed by atoms with Gasteiger partial charge in [-0.1, -0.05) is 12.2 Å². The van der Waals surface area contributed by atoms with Crippen molar-refractivity contribution >= 4 is 5.97 Å². The van der Waals surface area contributed by atoms with Crippen LogP contribution >= 0.6 is 0 Å². The Kier molecular flexibility index (Phi) is 3.09. The summed E-state index contributed by atoms with van der Waals surface area (Å²) in [5.41, 5.74) is 0. The number of carbonyl (C=O) groups excluding carboxylic acids is 1. The standard InChI is InChI=1S/C12H16O3/c1-14-10-7-11(15-12(13)8-10)9-5-3-2-4-6-9/h2-3,8-9,11H,4-7H2,1H3/t9-,11+/m0/s1. The van der Waals surface area contributed by atoms with E-state index in [1.54, 1.807) is 7.11 Å². The molecule has 0 saturated carbocycles. The zero-order valence-electron chi connectivity index (χ0n) is 8.94. The molecule has 0 bridgehead atoms. The van der Waals surface area contributed by atoms with Gasteiger partial charge in [-0.15, -0.1) is 0 Å². The first-order valence-electron chi connectivity index (χ1n) is 5.40. The zero-order valence-corrected chi connectivity index (χ0v) is 8.94. The third-order valence-corrected chi connectivity index (χ3v) is 3.05. The molecule has 0 aromatic heterocycles. The number of rotatable bonds is 2. The second kappa shape index (κ2) is 4.51. The predicted octanol–water partition coefficient (Wildman–Crippen LogP) is 2.19. The van der Waals surface area contributed by atoms with Crippen molar-refractivity contribution in [1.29, 1.82) is 0 Å². The molecule has 0 spiro atoms. The Balaban J connectivity index is 2.02. The van der Waals surface area contributed by atoms with Gasteiger partial charge in [-0.25, -0.2) is 4.79 Å². The topological polar surface area (TPSA) is 35.5 Å². The summed E-state index contributed by atoms with van der Waals surface area (Å²) in [4.78, 5) is 11.3. The van der Waals surface area contributed by atoms with Gasteiger partial charge in [0.15, 0.2) is 0 Å². The van der Waals surface area contributed by atoms with Gasteiger partial charge in [0.2, 0.25) is 0 Å². The fourth-order valence-electron chi connectivity index (χ4n) is 2.17. The summed E-state index contributed by atoms with van der Waals surface area (Å²) in [6, 6.07) is 0. The van der Waals surface area contributed by atoms with E-state index >= 15 is 0 Å². The third kappa shape index (κ3) is 2.41. The normalized spacial score (nSPS) is 30.7. The first-order chi connectivity index (χ1) is 7.29. The van der Waals surface area contributed by atoms with Gasteiger partial charge in [0.05, 0.1) is 13.2 Å². The van der Waals surface area contributed by atoms with Crippen molar-refractivity contribution in [2.45, 2.75) is 31.8 Å². The van der Waals surface area contributed by atoms with Crippen LogP contribution in [0.25, 0.3) is 0 Å². The largest absolute Gasteiger partial charge is 0.501 e. The molecule has 0 saturated heterocycles.